The van der Waals surface area contributed by atoms with Gasteiger partial charge in [0.1, 0.15) is 12.8 Å². The quantitative estimate of drug-likeness (QED) is 0.700. The summed E-state index contributed by atoms with van der Waals surface area (Å²) in [4.78, 5) is 3.82. The van der Waals surface area contributed by atoms with Crippen molar-refractivity contribution >= 4 is 0 Å². The van der Waals surface area contributed by atoms with Crippen molar-refractivity contribution in [2.75, 3.05) is 6.67 Å². The largest absolute Gasteiger partial charge is 0.384 e. The third-order valence-electron chi connectivity index (χ3n) is 1.42. The van der Waals surface area contributed by atoms with Crippen LogP contribution in [0.15, 0.2) is 18.3 Å². The van der Waals surface area contributed by atoms with E-state index >= 15 is 0 Å². The number of rotatable bonds is 2. The lowest BCUT2D eigenvalue weighted by Gasteiger charge is -2.04. The summed E-state index contributed by atoms with van der Waals surface area (Å²) in [6.45, 7) is 1.09. The maximum Gasteiger partial charge on any atom is 0.124 e. The third-order valence-corrected chi connectivity index (χ3v) is 1.42. The molecule has 60 valence electrons. The molecule has 2 nitrogen and oxygen atoms in total. The number of aromatic nitrogens is 1. The Morgan fingerprint density at radius 3 is 3.00 bits per heavy atom. The van der Waals surface area contributed by atoms with Gasteiger partial charge in [0.15, 0.2) is 0 Å². The summed E-state index contributed by atoms with van der Waals surface area (Å²) in [7, 11) is 0. The second kappa shape index (κ2) is 3.44. The number of aryl methyl sites for hydroxylation is 1. The average Bonchev–Trinajstić information content (AvgIpc) is 2.03. The number of alkyl halides is 1. The SMILES string of the molecule is Cc1ccnc(C(O)CF)c1. The molecule has 1 N–H and O–H groups in total. The molecular weight excluding hydrogens is 145 g/mol. The van der Waals surface area contributed by atoms with Gasteiger partial charge in [-0.15, -0.1) is 0 Å². The lowest BCUT2D eigenvalue weighted by atomic mass is 10.2. The minimum absolute atomic E-state index is 0.396. The second-order valence-corrected chi connectivity index (χ2v) is 2.43. The highest BCUT2D eigenvalue weighted by Gasteiger charge is 2.06. The molecule has 3 heteroatoms. The summed E-state index contributed by atoms with van der Waals surface area (Å²) in [5.41, 5.74) is 1.37. The van der Waals surface area contributed by atoms with Gasteiger partial charge in [-0.1, -0.05) is 0 Å². The van der Waals surface area contributed by atoms with Gasteiger partial charge in [-0.3, -0.25) is 4.98 Å². The van der Waals surface area contributed by atoms with E-state index in [1.165, 1.54) is 0 Å². The van der Waals surface area contributed by atoms with E-state index in [0.29, 0.717) is 5.69 Å². The first-order valence-corrected chi connectivity index (χ1v) is 3.40. The van der Waals surface area contributed by atoms with E-state index < -0.39 is 12.8 Å². The first kappa shape index (κ1) is 8.14. The topological polar surface area (TPSA) is 33.1 Å². The van der Waals surface area contributed by atoms with Crippen LogP contribution < -0.4 is 0 Å². The van der Waals surface area contributed by atoms with Crippen LogP contribution in [0, 0.1) is 6.92 Å². The molecular formula is C8H10FNO. The van der Waals surface area contributed by atoms with Gasteiger partial charge in [0, 0.05) is 6.20 Å². The molecule has 0 aliphatic carbocycles. The summed E-state index contributed by atoms with van der Waals surface area (Å²) < 4.78 is 11.9. The molecule has 0 radical (unpaired) electrons. The van der Waals surface area contributed by atoms with Crippen molar-refractivity contribution in [3.8, 4) is 0 Å². The van der Waals surface area contributed by atoms with Gasteiger partial charge >= 0.3 is 0 Å². The molecule has 0 aliphatic rings. The van der Waals surface area contributed by atoms with Gasteiger partial charge in [0.2, 0.25) is 0 Å². The van der Waals surface area contributed by atoms with Gasteiger partial charge in [-0.05, 0) is 24.6 Å². The Bertz CT molecular complexity index is 239. The molecule has 0 spiro atoms. The van der Waals surface area contributed by atoms with Crippen molar-refractivity contribution in [3.63, 3.8) is 0 Å². The molecule has 0 saturated carbocycles. The maximum absolute atomic E-state index is 11.9. The van der Waals surface area contributed by atoms with E-state index in [-0.39, 0.29) is 0 Å². The van der Waals surface area contributed by atoms with Crippen molar-refractivity contribution in [2.45, 2.75) is 13.0 Å². The van der Waals surface area contributed by atoms with E-state index in [1.54, 1.807) is 18.3 Å². The zero-order valence-corrected chi connectivity index (χ0v) is 6.29. The molecule has 0 amide bonds. The molecule has 11 heavy (non-hydrogen) atoms. The molecule has 1 rings (SSSR count). The standard InChI is InChI=1S/C8H10FNO/c1-6-2-3-10-7(4-6)8(11)5-9/h2-4,8,11H,5H2,1H3. The second-order valence-electron chi connectivity index (χ2n) is 2.43. The lowest BCUT2D eigenvalue weighted by molar-refractivity contribution is 0.137. The smallest absolute Gasteiger partial charge is 0.124 e. The fourth-order valence-electron chi connectivity index (χ4n) is 0.821. The highest BCUT2D eigenvalue weighted by molar-refractivity contribution is 5.15. The van der Waals surface area contributed by atoms with Gasteiger partial charge in [0.25, 0.3) is 0 Å². The fourth-order valence-corrected chi connectivity index (χ4v) is 0.821. The van der Waals surface area contributed by atoms with E-state index in [1.807, 2.05) is 6.92 Å². The number of nitrogens with zero attached hydrogens (tertiary/aromatic N) is 1. The molecule has 1 aromatic rings. The van der Waals surface area contributed by atoms with Crippen molar-refractivity contribution in [1.29, 1.82) is 0 Å². The van der Waals surface area contributed by atoms with Crippen LogP contribution in [0.1, 0.15) is 17.4 Å². The predicted octanol–water partition coefficient (Wildman–Crippen LogP) is 1.39. The zero-order chi connectivity index (χ0) is 8.27. The van der Waals surface area contributed by atoms with Crippen molar-refractivity contribution in [3.05, 3.63) is 29.6 Å². The van der Waals surface area contributed by atoms with Crippen molar-refractivity contribution < 1.29 is 9.50 Å². The number of hydrogen-bond donors (Lipinski definition) is 1. The number of pyridine rings is 1. The number of aliphatic hydroxyl groups is 1. The van der Waals surface area contributed by atoms with Crippen LogP contribution in [0.5, 0.6) is 0 Å². The highest BCUT2D eigenvalue weighted by atomic mass is 19.1. The molecule has 0 aliphatic heterocycles. The summed E-state index contributed by atoms with van der Waals surface area (Å²) in [5, 5.41) is 9.02. The molecule has 0 bridgehead atoms. The summed E-state index contributed by atoms with van der Waals surface area (Å²) in [6.07, 6.45) is 0.485. The van der Waals surface area contributed by atoms with Gasteiger partial charge in [-0.25, -0.2) is 4.39 Å². The van der Waals surface area contributed by atoms with Gasteiger partial charge in [0.05, 0.1) is 5.69 Å². The molecule has 0 saturated heterocycles. The predicted molar refractivity (Wildman–Crippen MR) is 39.9 cm³/mol. The Balaban J connectivity index is 2.86. The van der Waals surface area contributed by atoms with Crippen molar-refractivity contribution in [2.24, 2.45) is 0 Å². The normalized spacial score (nSPS) is 13.0. The maximum atomic E-state index is 11.9. The third kappa shape index (κ3) is 1.98. The van der Waals surface area contributed by atoms with Crippen LogP contribution in [0.3, 0.4) is 0 Å². The Morgan fingerprint density at radius 2 is 2.45 bits per heavy atom. The number of halogens is 1. The van der Waals surface area contributed by atoms with Crippen LogP contribution in [0.2, 0.25) is 0 Å². The van der Waals surface area contributed by atoms with Crippen LogP contribution in [-0.4, -0.2) is 16.8 Å². The average molecular weight is 155 g/mol. The Morgan fingerprint density at radius 1 is 1.73 bits per heavy atom. The minimum Gasteiger partial charge on any atom is -0.384 e. The van der Waals surface area contributed by atoms with E-state index in [9.17, 15) is 4.39 Å². The van der Waals surface area contributed by atoms with E-state index in [0.717, 1.165) is 5.56 Å². The Hall–Kier alpha value is -0.960. The molecule has 0 fully saturated rings. The minimum atomic E-state index is -1.07. The van der Waals surface area contributed by atoms with E-state index in [4.69, 9.17) is 5.11 Å². The molecule has 1 aromatic heterocycles. The molecule has 0 aromatic carbocycles. The summed E-state index contributed by atoms with van der Waals surface area (Å²) in [6, 6.07) is 3.47. The summed E-state index contributed by atoms with van der Waals surface area (Å²) in [5.74, 6) is 0. The molecule has 1 heterocycles. The zero-order valence-electron chi connectivity index (χ0n) is 6.29. The number of aliphatic hydroxyl groups excluding tert-OH is 1. The van der Waals surface area contributed by atoms with Crippen LogP contribution >= 0.6 is 0 Å². The molecule has 1 atom stereocenters. The van der Waals surface area contributed by atoms with Crippen LogP contribution in [0.4, 0.5) is 4.39 Å². The van der Waals surface area contributed by atoms with Crippen LogP contribution in [-0.2, 0) is 0 Å². The number of hydrogen-bond acceptors (Lipinski definition) is 2. The summed E-state index contributed by atoms with van der Waals surface area (Å²) >= 11 is 0. The first-order chi connectivity index (χ1) is 5.24. The first-order valence-electron chi connectivity index (χ1n) is 3.40. The Labute approximate surface area is 64.7 Å². The lowest BCUT2D eigenvalue weighted by Crippen LogP contribution is -2.01. The fraction of sp³-hybridized carbons (Fsp3) is 0.375. The van der Waals surface area contributed by atoms with Crippen molar-refractivity contribution in [1.82, 2.24) is 4.98 Å². The van der Waals surface area contributed by atoms with Crippen LogP contribution in [0.25, 0.3) is 0 Å². The molecule has 1 unspecified atom stereocenters. The van der Waals surface area contributed by atoms with Gasteiger partial charge < -0.3 is 5.11 Å². The van der Waals surface area contributed by atoms with Gasteiger partial charge in [-0.2, -0.15) is 0 Å². The highest BCUT2D eigenvalue weighted by Crippen LogP contribution is 2.10. The Kier molecular flexibility index (Phi) is 2.54. The monoisotopic (exact) mass is 155 g/mol. The van der Waals surface area contributed by atoms with E-state index in [2.05, 4.69) is 4.98 Å².